The zero-order valence-electron chi connectivity index (χ0n) is 10.5. The molecule has 0 unspecified atom stereocenters. The van der Waals surface area contributed by atoms with Crippen molar-refractivity contribution < 1.29 is 13.2 Å². The zero-order chi connectivity index (χ0) is 14.0. The topological polar surface area (TPSA) is 66.5 Å². The van der Waals surface area contributed by atoms with E-state index >= 15 is 0 Å². The molecule has 1 aliphatic heterocycles. The number of halogens is 1. The summed E-state index contributed by atoms with van der Waals surface area (Å²) in [6.07, 6.45) is 1.11. The Hall–Kier alpha value is -1.11. The number of benzene rings is 1. The summed E-state index contributed by atoms with van der Waals surface area (Å²) in [5.74, 6) is -0.161. The van der Waals surface area contributed by atoms with E-state index in [2.05, 4.69) is 5.32 Å². The summed E-state index contributed by atoms with van der Waals surface area (Å²) in [7, 11) is -3.31. The molecule has 1 aliphatic rings. The number of nitrogens with one attached hydrogen (secondary N) is 1. The maximum atomic E-state index is 12.2. The van der Waals surface area contributed by atoms with Crippen LogP contribution in [0, 0.1) is 0 Å². The van der Waals surface area contributed by atoms with Gasteiger partial charge in [-0.05, 0) is 18.2 Å². The molecule has 0 saturated carbocycles. The molecule has 104 valence electrons. The van der Waals surface area contributed by atoms with Gasteiger partial charge in [0.15, 0.2) is 9.84 Å². The number of piperazine rings is 1. The van der Waals surface area contributed by atoms with Gasteiger partial charge in [0.1, 0.15) is 0 Å². The van der Waals surface area contributed by atoms with Gasteiger partial charge in [0, 0.05) is 32.4 Å². The lowest BCUT2D eigenvalue weighted by atomic mass is 10.2. The van der Waals surface area contributed by atoms with Gasteiger partial charge in [0.05, 0.1) is 15.5 Å². The molecule has 0 aromatic heterocycles. The Bertz CT molecular complexity index is 595. The summed E-state index contributed by atoms with van der Waals surface area (Å²) in [5, 5.41) is 3.33. The van der Waals surface area contributed by atoms with Gasteiger partial charge in [-0.1, -0.05) is 11.6 Å². The lowest BCUT2D eigenvalue weighted by Gasteiger charge is -2.27. The molecule has 1 saturated heterocycles. The molecule has 1 heterocycles. The van der Waals surface area contributed by atoms with Crippen LogP contribution in [0.2, 0.25) is 5.02 Å². The van der Waals surface area contributed by atoms with Crippen LogP contribution in [-0.2, 0) is 9.84 Å². The first kappa shape index (κ1) is 14.3. The molecular weight excluding hydrogens is 288 g/mol. The largest absolute Gasteiger partial charge is 0.336 e. The van der Waals surface area contributed by atoms with Crippen molar-refractivity contribution in [2.24, 2.45) is 0 Å². The van der Waals surface area contributed by atoms with Crippen molar-refractivity contribution in [3.05, 3.63) is 28.8 Å². The van der Waals surface area contributed by atoms with Crippen LogP contribution in [0.3, 0.4) is 0 Å². The number of carbonyl (C=O) groups is 1. The predicted octanol–water partition coefficient (Wildman–Crippen LogP) is 0.789. The quantitative estimate of drug-likeness (QED) is 0.877. The van der Waals surface area contributed by atoms with Crippen molar-refractivity contribution in [1.29, 1.82) is 0 Å². The van der Waals surface area contributed by atoms with Gasteiger partial charge in [-0.15, -0.1) is 0 Å². The second kappa shape index (κ2) is 5.48. The summed E-state index contributed by atoms with van der Waals surface area (Å²) in [4.78, 5) is 14.1. The fourth-order valence-corrected chi connectivity index (χ4v) is 2.91. The first-order valence-corrected chi connectivity index (χ1v) is 8.16. The fraction of sp³-hybridized carbons (Fsp3) is 0.417. The summed E-state index contributed by atoms with van der Waals surface area (Å²) in [6, 6.07) is 4.21. The van der Waals surface area contributed by atoms with Gasteiger partial charge in [-0.3, -0.25) is 4.79 Å². The van der Waals surface area contributed by atoms with Crippen LogP contribution >= 0.6 is 11.6 Å². The molecule has 1 aromatic rings. The maximum absolute atomic E-state index is 12.2. The summed E-state index contributed by atoms with van der Waals surface area (Å²) < 4.78 is 22.8. The number of hydrogen-bond donors (Lipinski definition) is 1. The molecule has 0 bridgehead atoms. The Balaban J connectivity index is 2.28. The van der Waals surface area contributed by atoms with Crippen molar-refractivity contribution in [2.75, 3.05) is 32.4 Å². The maximum Gasteiger partial charge on any atom is 0.255 e. The number of rotatable bonds is 2. The molecule has 0 spiro atoms. The minimum Gasteiger partial charge on any atom is -0.336 e. The first-order valence-electron chi connectivity index (χ1n) is 5.89. The molecule has 1 fully saturated rings. The highest BCUT2D eigenvalue weighted by molar-refractivity contribution is 7.90. The lowest BCUT2D eigenvalue weighted by Crippen LogP contribution is -2.46. The number of nitrogens with zero attached hydrogens (tertiary/aromatic N) is 1. The molecule has 7 heteroatoms. The third-order valence-corrected chi connectivity index (χ3v) is 4.43. The Morgan fingerprint density at radius 2 is 1.95 bits per heavy atom. The second-order valence-electron chi connectivity index (χ2n) is 4.46. The zero-order valence-corrected chi connectivity index (χ0v) is 12.1. The third kappa shape index (κ3) is 3.26. The second-order valence-corrected chi connectivity index (χ2v) is 6.88. The van der Waals surface area contributed by atoms with Crippen LogP contribution in [0.5, 0.6) is 0 Å². The standard InChI is InChI=1S/C12H15ClN2O3S/c1-19(17,18)9-2-3-10(11(13)8-9)12(16)15-6-4-14-5-7-15/h2-3,8,14H,4-7H2,1H3. The molecule has 0 aliphatic carbocycles. The van der Waals surface area contributed by atoms with Gasteiger partial charge in [-0.2, -0.15) is 0 Å². The molecular formula is C12H15ClN2O3S. The summed E-state index contributed by atoms with van der Waals surface area (Å²) in [6.45, 7) is 2.77. The fourth-order valence-electron chi connectivity index (χ4n) is 1.94. The van der Waals surface area contributed by atoms with Crippen LogP contribution in [0.15, 0.2) is 23.1 Å². The number of amides is 1. The third-order valence-electron chi connectivity index (χ3n) is 3.00. The van der Waals surface area contributed by atoms with Crippen molar-refractivity contribution in [1.82, 2.24) is 10.2 Å². The van der Waals surface area contributed by atoms with E-state index in [1.807, 2.05) is 0 Å². The van der Waals surface area contributed by atoms with E-state index in [1.54, 1.807) is 4.90 Å². The summed E-state index contributed by atoms with van der Waals surface area (Å²) in [5.41, 5.74) is 0.343. The summed E-state index contributed by atoms with van der Waals surface area (Å²) >= 11 is 6.02. The SMILES string of the molecule is CS(=O)(=O)c1ccc(C(=O)N2CCNCC2)c(Cl)c1. The Labute approximate surface area is 117 Å². The average molecular weight is 303 g/mol. The van der Waals surface area contributed by atoms with Crippen LogP contribution in [-0.4, -0.2) is 51.7 Å². The van der Waals surface area contributed by atoms with Gasteiger partial charge in [-0.25, -0.2) is 8.42 Å². The van der Waals surface area contributed by atoms with Crippen molar-refractivity contribution in [2.45, 2.75) is 4.90 Å². The number of carbonyl (C=O) groups excluding carboxylic acids is 1. The highest BCUT2D eigenvalue weighted by Crippen LogP contribution is 2.22. The van der Waals surface area contributed by atoms with Gasteiger partial charge in [0.2, 0.25) is 0 Å². The van der Waals surface area contributed by atoms with E-state index in [9.17, 15) is 13.2 Å². The molecule has 1 aromatic carbocycles. The molecule has 2 rings (SSSR count). The highest BCUT2D eigenvalue weighted by atomic mass is 35.5. The van der Waals surface area contributed by atoms with E-state index in [0.29, 0.717) is 18.7 Å². The number of sulfone groups is 1. The monoisotopic (exact) mass is 302 g/mol. The molecule has 19 heavy (non-hydrogen) atoms. The van der Waals surface area contributed by atoms with E-state index in [1.165, 1.54) is 18.2 Å². The van der Waals surface area contributed by atoms with Gasteiger partial charge in [0.25, 0.3) is 5.91 Å². The lowest BCUT2D eigenvalue weighted by molar-refractivity contribution is 0.0736. The van der Waals surface area contributed by atoms with E-state index < -0.39 is 9.84 Å². The molecule has 0 atom stereocenters. The molecule has 1 amide bonds. The minimum atomic E-state index is -3.31. The van der Waals surface area contributed by atoms with Crippen LogP contribution in [0.4, 0.5) is 0 Å². The van der Waals surface area contributed by atoms with Crippen molar-refractivity contribution >= 4 is 27.3 Å². The number of hydrogen-bond acceptors (Lipinski definition) is 4. The Kier molecular flexibility index (Phi) is 4.13. The smallest absolute Gasteiger partial charge is 0.255 e. The molecule has 5 nitrogen and oxygen atoms in total. The highest BCUT2D eigenvalue weighted by Gasteiger charge is 2.21. The van der Waals surface area contributed by atoms with Gasteiger partial charge >= 0.3 is 0 Å². The Morgan fingerprint density at radius 3 is 2.47 bits per heavy atom. The van der Waals surface area contributed by atoms with Crippen LogP contribution < -0.4 is 5.32 Å². The van der Waals surface area contributed by atoms with Crippen molar-refractivity contribution in [3.63, 3.8) is 0 Å². The predicted molar refractivity (Wildman–Crippen MR) is 73.3 cm³/mol. The van der Waals surface area contributed by atoms with Crippen LogP contribution in [0.1, 0.15) is 10.4 Å². The van der Waals surface area contributed by atoms with Crippen LogP contribution in [0.25, 0.3) is 0 Å². The van der Waals surface area contributed by atoms with E-state index in [0.717, 1.165) is 19.3 Å². The minimum absolute atomic E-state index is 0.120. The molecule has 0 radical (unpaired) electrons. The Morgan fingerprint density at radius 1 is 1.32 bits per heavy atom. The normalized spacial score (nSPS) is 16.4. The van der Waals surface area contributed by atoms with Gasteiger partial charge < -0.3 is 10.2 Å². The van der Waals surface area contributed by atoms with Crippen molar-refractivity contribution in [3.8, 4) is 0 Å². The van der Waals surface area contributed by atoms with E-state index in [-0.39, 0.29) is 15.8 Å². The average Bonchev–Trinajstić information content (AvgIpc) is 2.38. The van der Waals surface area contributed by atoms with E-state index in [4.69, 9.17) is 11.6 Å². The first-order chi connectivity index (χ1) is 8.89. The molecule has 1 N–H and O–H groups in total.